The smallest absolute Gasteiger partial charge is 0.273 e. The third-order valence-electron chi connectivity index (χ3n) is 8.00. The van der Waals surface area contributed by atoms with Gasteiger partial charge in [-0.15, -0.1) is 0 Å². The average Bonchev–Trinajstić information content (AvgIpc) is 2.89. The minimum absolute atomic E-state index is 0.0419. The third-order valence-corrected chi connectivity index (χ3v) is 8.00. The van der Waals surface area contributed by atoms with Crippen LogP contribution >= 0.6 is 0 Å². The molecule has 4 aliphatic heterocycles. The number of morpholine rings is 1. The Kier molecular flexibility index (Phi) is 7.55. The Balaban J connectivity index is 1.45. The molecule has 0 aliphatic carbocycles. The van der Waals surface area contributed by atoms with E-state index in [9.17, 15) is 18.0 Å². The number of amides is 1. The van der Waals surface area contributed by atoms with E-state index in [1.807, 2.05) is 4.90 Å². The molecule has 0 aromatic heterocycles. The van der Waals surface area contributed by atoms with Crippen LogP contribution in [0.1, 0.15) is 54.2 Å². The van der Waals surface area contributed by atoms with E-state index < -0.39 is 35.1 Å². The molecule has 4 heterocycles. The molecule has 4 fully saturated rings. The zero-order chi connectivity index (χ0) is 27.0. The van der Waals surface area contributed by atoms with Crippen LogP contribution in [0, 0.1) is 17.6 Å². The van der Waals surface area contributed by atoms with Crippen LogP contribution in [-0.2, 0) is 10.7 Å². The second-order valence-corrected chi connectivity index (χ2v) is 10.6. The molecule has 6 nitrogen and oxygen atoms in total. The highest BCUT2D eigenvalue weighted by molar-refractivity contribution is 6.01. The Morgan fingerprint density at radius 2 is 1.82 bits per heavy atom. The highest BCUT2D eigenvalue weighted by Gasteiger charge is 2.35. The van der Waals surface area contributed by atoms with Crippen LogP contribution in [0.15, 0.2) is 30.3 Å². The first-order chi connectivity index (χ1) is 18.1. The molecular formula is C28H34F4N4O2. The molecule has 2 atom stereocenters. The van der Waals surface area contributed by atoms with Crippen LogP contribution in [0.3, 0.4) is 0 Å². The number of nitrogens with one attached hydrogen (secondary N) is 2. The normalized spacial score (nSPS) is 24.3. The van der Waals surface area contributed by atoms with Crippen LogP contribution < -0.4 is 15.5 Å². The number of carbonyl (C=O) groups is 1. The SMILES string of the molecule is C[C@@H](NC(=O)c1cc(N2CCOCC2)c(F)cc1N[C@@H]1CN2CCC1CC2)c1cccc(C(C)(F)F)c1F. The Morgan fingerprint density at radius 3 is 2.45 bits per heavy atom. The quantitative estimate of drug-likeness (QED) is 0.495. The van der Waals surface area contributed by atoms with Gasteiger partial charge in [-0.25, -0.2) is 17.6 Å². The number of benzene rings is 2. The number of rotatable bonds is 7. The maximum absolute atomic E-state index is 15.4. The van der Waals surface area contributed by atoms with Crippen LogP contribution in [-0.4, -0.2) is 62.8 Å². The molecule has 6 rings (SSSR count). The first-order valence-corrected chi connectivity index (χ1v) is 13.2. The molecule has 2 aromatic carbocycles. The summed E-state index contributed by atoms with van der Waals surface area (Å²) in [5, 5.41) is 6.18. The molecule has 0 spiro atoms. The fourth-order valence-corrected chi connectivity index (χ4v) is 5.82. The molecule has 2 aromatic rings. The van der Waals surface area contributed by atoms with Gasteiger partial charge in [-0.1, -0.05) is 18.2 Å². The Labute approximate surface area is 220 Å². The van der Waals surface area contributed by atoms with E-state index in [0.717, 1.165) is 38.5 Å². The Morgan fingerprint density at radius 1 is 1.11 bits per heavy atom. The van der Waals surface area contributed by atoms with Gasteiger partial charge in [-0.3, -0.25) is 4.79 Å². The van der Waals surface area contributed by atoms with Crippen molar-refractivity contribution in [3.05, 3.63) is 58.7 Å². The number of ether oxygens (including phenoxy) is 1. The number of halogens is 4. The topological polar surface area (TPSA) is 56.8 Å². The van der Waals surface area contributed by atoms with Gasteiger partial charge in [0.05, 0.1) is 41.8 Å². The maximum Gasteiger partial charge on any atom is 0.273 e. The van der Waals surface area contributed by atoms with Crippen molar-refractivity contribution >= 4 is 17.3 Å². The van der Waals surface area contributed by atoms with E-state index in [2.05, 4.69) is 15.5 Å². The second kappa shape index (κ2) is 10.7. The summed E-state index contributed by atoms with van der Waals surface area (Å²) in [4.78, 5) is 17.8. The maximum atomic E-state index is 15.4. The Bertz CT molecular complexity index is 1170. The number of hydrogen-bond donors (Lipinski definition) is 2. The van der Waals surface area contributed by atoms with Crippen molar-refractivity contribution in [1.29, 1.82) is 0 Å². The van der Waals surface area contributed by atoms with Gasteiger partial charge in [0.1, 0.15) is 11.6 Å². The van der Waals surface area contributed by atoms with Crippen molar-refractivity contribution in [2.75, 3.05) is 56.2 Å². The molecule has 38 heavy (non-hydrogen) atoms. The average molecular weight is 535 g/mol. The van der Waals surface area contributed by atoms with E-state index in [1.54, 1.807) is 6.92 Å². The van der Waals surface area contributed by atoms with Gasteiger partial charge in [-0.05, 0) is 50.9 Å². The molecule has 0 radical (unpaired) electrons. The highest BCUT2D eigenvalue weighted by atomic mass is 19.3. The van der Waals surface area contributed by atoms with Crippen LogP contribution in [0.2, 0.25) is 0 Å². The fourth-order valence-electron chi connectivity index (χ4n) is 5.82. The van der Waals surface area contributed by atoms with Crippen molar-refractivity contribution in [3.8, 4) is 0 Å². The number of piperidine rings is 3. The van der Waals surface area contributed by atoms with E-state index in [0.29, 0.717) is 50.5 Å². The molecule has 2 N–H and O–H groups in total. The van der Waals surface area contributed by atoms with Crippen molar-refractivity contribution < 1.29 is 27.1 Å². The minimum Gasteiger partial charge on any atom is -0.380 e. The highest BCUT2D eigenvalue weighted by Crippen LogP contribution is 2.35. The summed E-state index contributed by atoms with van der Waals surface area (Å²) in [6.45, 7) is 6.97. The van der Waals surface area contributed by atoms with Crippen LogP contribution in [0.4, 0.5) is 28.9 Å². The summed E-state index contributed by atoms with van der Waals surface area (Å²) in [7, 11) is 0. The largest absolute Gasteiger partial charge is 0.380 e. The zero-order valence-corrected chi connectivity index (χ0v) is 21.7. The predicted molar refractivity (Wildman–Crippen MR) is 138 cm³/mol. The van der Waals surface area contributed by atoms with Crippen molar-refractivity contribution in [3.63, 3.8) is 0 Å². The van der Waals surface area contributed by atoms with Gasteiger partial charge in [0.15, 0.2) is 0 Å². The standard InChI is InChI=1S/C28H34F4N4O2/c1-17(19-4-3-5-21(26(19)30)28(2,31)32)33-27(37)20-14-25(36-10-12-38-13-11-36)22(29)15-23(20)34-24-16-35-8-6-18(24)7-9-35/h3-5,14-15,17-18,24,34H,6-13,16H2,1-2H3,(H,33,37)/t17-,24-/m1/s1. The molecule has 4 saturated heterocycles. The van der Waals surface area contributed by atoms with Gasteiger partial charge in [0.2, 0.25) is 0 Å². The summed E-state index contributed by atoms with van der Waals surface area (Å²) in [5.41, 5.74) is 0.132. The van der Waals surface area contributed by atoms with E-state index in [4.69, 9.17) is 4.74 Å². The van der Waals surface area contributed by atoms with E-state index in [1.165, 1.54) is 24.3 Å². The van der Waals surface area contributed by atoms with Crippen molar-refractivity contribution in [2.24, 2.45) is 5.92 Å². The zero-order valence-electron chi connectivity index (χ0n) is 21.7. The number of anilines is 2. The molecule has 2 bridgehead atoms. The van der Waals surface area contributed by atoms with E-state index in [-0.39, 0.29) is 17.2 Å². The van der Waals surface area contributed by atoms with Gasteiger partial charge in [-0.2, -0.15) is 0 Å². The molecule has 4 aliphatic rings. The summed E-state index contributed by atoms with van der Waals surface area (Å²) < 4.78 is 63.5. The molecular weight excluding hydrogens is 500 g/mol. The lowest BCUT2D eigenvalue weighted by molar-refractivity contribution is 0.0135. The van der Waals surface area contributed by atoms with Crippen molar-refractivity contribution in [1.82, 2.24) is 10.2 Å². The molecule has 0 saturated carbocycles. The number of hydrogen-bond acceptors (Lipinski definition) is 5. The predicted octanol–water partition coefficient (Wildman–Crippen LogP) is 4.91. The van der Waals surface area contributed by atoms with E-state index >= 15 is 4.39 Å². The lowest BCUT2D eigenvalue weighted by Gasteiger charge is -2.45. The second-order valence-electron chi connectivity index (χ2n) is 10.6. The molecule has 0 unspecified atom stereocenters. The number of nitrogens with zero attached hydrogens (tertiary/aromatic N) is 2. The molecule has 1 amide bonds. The summed E-state index contributed by atoms with van der Waals surface area (Å²) in [5.74, 6) is -4.95. The number of carbonyl (C=O) groups excluding carboxylic acids is 1. The van der Waals surface area contributed by atoms with Crippen molar-refractivity contribution in [2.45, 2.75) is 44.7 Å². The first kappa shape index (κ1) is 26.7. The lowest BCUT2D eigenvalue weighted by Crippen LogP contribution is -2.53. The summed E-state index contributed by atoms with van der Waals surface area (Å²) >= 11 is 0. The lowest BCUT2D eigenvalue weighted by atomic mass is 9.84. The monoisotopic (exact) mass is 534 g/mol. The molecule has 206 valence electrons. The fraction of sp³-hybridized carbons (Fsp3) is 0.536. The van der Waals surface area contributed by atoms with Gasteiger partial charge in [0.25, 0.3) is 11.8 Å². The van der Waals surface area contributed by atoms with Gasteiger partial charge >= 0.3 is 0 Å². The number of fused-ring (bicyclic) bond motifs is 3. The van der Waals surface area contributed by atoms with Crippen LogP contribution in [0.25, 0.3) is 0 Å². The van der Waals surface area contributed by atoms with Crippen LogP contribution in [0.5, 0.6) is 0 Å². The van der Waals surface area contributed by atoms with Gasteiger partial charge in [0, 0.05) is 38.2 Å². The number of alkyl halides is 2. The summed E-state index contributed by atoms with van der Waals surface area (Å²) in [6.07, 6.45) is 2.09. The van der Waals surface area contributed by atoms with Gasteiger partial charge < -0.3 is 25.2 Å². The Hall–Kier alpha value is -2.85. The molecule has 10 heteroatoms. The third kappa shape index (κ3) is 5.47. The minimum atomic E-state index is -3.36. The summed E-state index contributed by atoms with van der Waals surface area (Å²) in [6, 6.07) is 5.84. The first-order valence-electron chi connectivity index (χ1n) is 13.2.